The number of anilines is 1. The molecule has 1 aromatic heterocycles. The second-order valence-corrected chi connectivity index (χ2v) is 8.46. The fourth-order valence-corrected chi connectivity index (χ4v) is 4.65. The van der Waals surface area contributed by atoms with E-state index in [2.05, 4.69) is 5.32 Å². The topological polar surface area (TPSA) is 49.4 Å². The summed E-state index contributed by atoms with van der Waals surface area (Å²) < 4.78 is 14.1. The quantitative estimate of drug-likeness (QED) is 0.605. The van der Waals surface area contributed by atoms with Crippen molar-refractivity contribution in [1.82, 2.24) is 5.32 Å². The lowest BCUT2D eigenvalue weighted by Crippen LogP contribution is -2.42. The number of para-hydroxylation sites is 1. The first-order valence-corrected chi connectivity index (χ1v) is 10.7. The lowest BCUT2D eigenvalue weighted by Gasteiger charge is -2.29. The van der Waals surface area contributed by atoms with E-state index < -0.39 is 5.82 Å². The SMILES string of the molecule is O=C(CN1C(=O)/C(=C/c2ccccc2F)Sc2ccccc21)NCc1cccs1. The summed E-state index contributed by atoms with van der Waals surface area (Å²) in [4.78, 5) is 29.3. The first-order chi connectivity index (χ1) is 14.1. The van der Waals surface area contributed by atoms with E-state index in [1.807, 2.05) is 41.8 Å². The standard InChI is InChI=1S/C22H17FN2O2S2/c23-17-8-2-1-6-15(17)12-20-22(27)25(18-9-3-4-10-19(18)29-20)14-21(26)24-13-16-7-5-11-28-16/h1-12H,13-14H2,(H,24,26)/b20-12-. The van der Waals surface area contributed by atoms with E-state index >= 15 is 0 Å². The monoisotopic (exact) mass is 424 g/mol. The molecule has 0 fully saturated rings. The molecule has 2 heterocycles. The summed E-state index contributed by atoms with van der Waals surface area (Å²) >= 11 is 2.84. The van der Waals surface area contributed by atoms with Crippen molar-refractivity contribution in [3.05, 3.63) is 87.2 Å². The van der Waals surface area contributed by atoms with Crippen LogP contribution >= 0.6 is 23.1 Å². The molecular weight excluding hydrogens is 407 g/mol. The minimum absolute atomic E-state index is 0.101. The number of hydrogen-bond donors (Lipinski definition) is 1. The van der Waals surface area contributed by atoms with Crippen LogP contribution in [0.25, 0.3) is 6.08 Å². The van der Waals surface area contributed by atoms with Crippen molar-refractivity contribution in [2.75, 3.05) is 11.4 Å². The number of nitrogens with zero attached hydrogens (tertiary/aromatic N) is 1. The molecule has 0 bridgehead atoms. The van der Waals surface area contributed by atoms with E-state index in [9.17, 15) is 14.0 Å². The van der Waals surface area contributed by atoms with E-state index in [0.29, 0.717) is 22.7 Å². The molecule has 3 aromatic rings. The number of fused-ring (bicyclic) bond motifs is 1. The molecule has 0 unspecified atom stereocenters. The Morgan fingerprint density at radius 2 is 1.86 bits per heavy atom. The van der Waals surface area contributed by atoms with Crippen LogP contribution in [0.15, 0.2) is 75.8 Å². The molecule has 2 amide bonds. The van der Waals surface area contributed by atoms with Crippen molar-refractivity contribution in [3.8, 4) is 0 Å². The third-order valence-electron chi connectivity index (χ3n) is 4.37. The van der Waals surface area contributed by atoms with Crippen LogP contribution < -0.4 is 10.2 Å². The van der Waals surface area contributed by atoms with Crippen molar-refractivity contribution in [2.24, 2.45) is 0 Å². The van der Waals surface area contributed by atoms with Gasteiger partial charge in [0.05, 0.1) is 17.1 Å². The normalized spacial score (nSPS) is 14.7. The van der Waals surface area contributed by atoms with Gasteiger partial charge in [0.15, 0.2) is 0 Å². The van der Waals surface area contributed by atoms with Crippen LogP contribution in [0.2, 0.25) is 0 Å². The van der Waals surface area contributed by atoms with Crippen LogP contribution in [0.5, 0.6) is 0 Å². The molecule has 0 saturated heterocycles. The summed E-state index contributed by atoms with van der Waals surface area (Å²) in [6.45, 7) is 0.323. The maximum atomic E-state index is 14.1. The number of thiophene rings is 1. The molecule has 1 aliphatic heterocycles. The number of nitrogens with one attached hydrogen (secondary N) is 1. The van der Waals surface area contributed by atoms with Crippen LogP contribution in [0.3, 0.4) is 0 Å². The molecule has 29 heavy (non-hydrogen) atoms. The minimum atomic E-state index is -0.396. The zero-order valence-corrected chi connectivity index (χ0v) is 16.9. The Balaban J connectivity index is 1.59. The van der Waals surface area contributed by atoms with Gasteiger partial charge in [-0.15, -0.1) is 11.3 Å². The average molecular weight is 425 g/mol. The highest BCUT2D eigenvalue weighted by Gasteiger charge is 2.30. The van der Waals surface area contributed by atoms with Gasteiger partial charge in [-0.25, -0.2) is 4.39 Å². The minimum Gasteiger partial charge on any atom is -0.350 e. The van der Waals surface area contributed by atoms with Crippen LogP contribution in [-0.2, 0) is 16.1 Å². The number of benzene rings is 2. The van der Waals surface area contributed by atoms with E-state index in [1.54, 1.807) is 29.5 Å². The summed E-state index contributed by atoms with van der Waals surface area (Å²) in [5.41, 5.74) is 1.02. The Labute approximate surface area is 176 Å². The summed E-state index contributed by atoms with van der Waals surface area (Å²) in [5.74, 6) is -0.963. The van der Waals surface area contributed by atoms with Crippen LogP contribution in [0.1, 0.15) is 10.4 Å². The summed E-state index contributed by atoms with van der Waals surface area (Å²) in [6.07, 6.45) is 1.54. The molecule has 1 aliphatic rings. The van der Waals surface area contributed by atoms with Gasteiger partial charge in [-0.1, -0.05) is 48.2 Å². The highest BCUT2D eigenvalue weighted by molar-refractivity contribution is 8.04. The van der Waals surface area contributed by atoms with E-state index in [-0.39, 0.29) is 18.4 Å². The number of hydrogen-bond acceptors (Lipinski definition) is 4. The molecular formula is C22H17FN2O2S2. The van der Waals surface area contributed by atoms with Gasteiger partial charge in [0.2, 0.25) is 5.91 Å². The molecule has 4 nitrogen and oxygen atoms in total. The van der Waals surface area contributed by atoms with Gasteiger partial charge in [0.25, 0.3) is 5.91 Å². The van der Waals surface area contributed by atoms with Crippen molar-refractivity contribution >= 4 is 46.7 Å². The van der Waals surface area contributed by atoms with Gasteiger partial charge < -0.3 is 5.32 Å². The molecule has 0 radical (unpaired) electrons. The number of amides is 2. The first kappa shape index (κ1) is 19.4. The maximum Gasteiger partial charge on any atom is 0.265 e. The van der Waals surface area contributed by atoms with Crippen LogP contribution in [0.4, 0.5) is 10.1 Å². The maximum absolute atomic E-state index is 14.1. The average Bonchev–Trinajstić information content (AvgIpc) is 3.25. The molecule has 0 atom stereocenters. The lowest BCUT2D eigenvalue weighted by atomic mass is 10.2. The highest BCUT2D eigenvalue weighted by atomic mass is 32.2. The zero-order valence-electron chi connectivity index (χ0n) is 15.3. The number of halogens is 1. The largest absolute Gasteiger partial charge is 0.350 e. The fourth-order valence-electron chi connectivity index (χ4n) is 2.95. The van der Waals surface area contributed by atoms with Gasteiger partial charge in [-0.2, -0.15) is 0 Å². The van der Waals surface area contributed by atoms with Crippen LogP contribution in [0, 0.1) is 5.82 Å². The molecule has 7 heteroatoms. The molecule has 4 rings (SSSR count). The molecule has 0 aliphatic carbocycles. The van der Waals surface area contributed by atoms with E-state index in [0.717, 1.165) is 9.77 Å². The molecule has 1 N–H and O–H groups in total. The van der Waals surface area contributed by atoms with Crippen molar-refractivity contribution in [1.29, 1.82) is 0 Å². The highest BCUT2D eigenvalue weighted by Crippen LogP contribution is 2.42. The zero-order chi connectivity index (χ0) is 20.2. The lowest BCUT2D eigenvalue weighted by molar-refractivity contribution is -0.122. The third-order valence-corrected chi connectivity index (χ3v) is 6.32. The summed E-state index contributed by atoms with van der Waals surface area (Å²) in [5, 5.41) is 4.80. The third kappa shape index (κ3) is 4.41. The van der Waals surface area contributed by atoms with Crippen molar-refractivity contribution < 1.29 is 14.0 Å². The smallest absolute Gasteiger partial charge is 0.265 e. The fraction of sp³-hybridized carbons (Fsp3) is 0.0909. The van der Waals surface area contributed by atoms with Crippen LogP contribution in [-0.4, -0.2) is 18.4 Å². The Bertz CT molecular complexity index is 1080. The number of carbonyl (C=O) groups is 2. The van der Waals surface area contributed by atoms with E-state index in [1.165, 1.54) is 28.8 Å². The second kappa shape index (κ2) is 8.63. The number of thioether (sulfide) groups is 1. The number of carbonyl (C=O) groups excluding carboxylic acids is 2. The van der Waals surface area contributed by atoms with Gasteiger partial charge in [0, 0.05) is 15.3 Å². The Morgan fingerprint density at radius 3 is 2.66 bits per heavy atom. The predicted octanol–water partition coefficient (Wildman–Crippen LogP) is 4.68. The molecule has 146 valence electrons. The molecule has 2 aromatic carbocycles. The van der Waals surface area contributed by atoms with E-state index in [4.69, 9.17) is 0 Å². The van der Waals surface area contributed by atoms with Crippen molar-refractivity contribution in [2.45, 2.75) is 11.4 Å². The number of rotatable bonds is 5. The Kier molecular flexibility index (Phi) is 5.78. The van der Waals surface area contributed by atoms with Gasteiger partial charge in [0.1, 0.15) is 12.4 Å². The van der Waals surface area contributed by atoms with Gasteiger partial charge >= 0.3 is 0 Å². The first-order valence-electron chi connectivity index (χ1n) is 8.96. The predicted molar refractivity (Wildman–Crippen MR) is 115 cm³/mol. The Hall–Kier alpha value is -2.90. The van der Waals surface area contributed by atoms with Gasteiger partial charge in [-0.05, 0) is 35.7 Å². The Morgan fingerprint density at radius 1 is 1.07 bits per heavy atom. The summed E-state index contributed by atoms with van der Waals surface area (Å²) in [7, 11) is 0. The molecule has 0 spiro atoms. The van der Waals surface area contributed by atoms with Gasteiger partial charge in [-0.3, -0.25) is 14.5 Å². The second-order valence-electron chi connectivity index (χ2n) is 6.35. The molecule has 0 saturated carbocycles. The van der Waals surface area contributed by atoms with Crippen molar-refractivity contribution in [3.63, 3.8) is 0 Å². The summed E-state index contributed by atoms with van der Waals surface area (Å²) in [6, 6.07) is 17.6.